The topological polar surface area (TPSA) is 64.4 Å². The van der Waals surface area contributed by atoms with E-state index in [-0.39, 0.29) is 5.91 Å². The van der Waals surface area contributed by atoms with Gasteiger partial charge in [-0.1, -0.05) is 13.8 Å². The van der Waals surface area contributed by atoms with Crippen LogP contribution in [0, 0.1) is 5.92 Å². The second-order valence-electron chi connectivity index (χ2n) is 5.06. The minimum Gasteiger partial charge on any atom is -0.381 e. The molecule has 1 fully saturated rings. The summed E-state index contributed by atoms with van der Waals surface area (Å²) < 4.78 is 5.21. The normalized spacial score (nSPS) is 19.8. The molecule has 1 rings (SSSR count). The highest BCUT2D eigenvalue weighted by atomic mass is 16.5. The van der Waals surface area contributed by atoms with Crippen LogP contribution >= 0.6 is 0 Å². The molecule has 1 aliphatic heterocycles. The molecule has 0 unspecified atom stereocenters. The van der Waals surface area contributed by atoms with Crippen molar-refractivity contribution >= 4 is 5.91 Å². The van der Waals surface area contributed by atoms with Gasteiger partial charge in [0.2, 0.25) is 5.91 Å². The van der Waals surface area contributed by atoms with Crippen molar-refractivity contribution in [1.29, 1.82) is 0 Å². The fourth-order valence-corrected chi connectivity index (χ4v) is 1.85. The van der Waals surface area contributed by atoms with Gasteiger partial charge in [-0.25, -0.2) is 0 Å². The number of nitrogens with two attached hydrogens (primary N) is 1. The Morgan fingerprint density at radius 3 is 2.62 bits per heavy atom. The summed E-state index contributed by atoms with van der Waals surface area (Å²) in [5, 5.41) is 2.93. The summed E-state index contributed by atoms with van der Waals surface area (Å²) in [5.74, 6) is 0.673. The van der Waals surface area contributed by atoms with Gasteiger partial charge in [0.05, 0.1) is 5.54 Å². The quantitative estimate of drug-likeness (QED) is 0.691. The third kappa shape index (κ3) is 4.10. The molecule has 1 amide bonds. The lowest BCUT2D eigenvalue weighted by Crippen LogP contribution is -2.57. The number of nitrogens with one attached hydrogen (secondary N) is 1. The monoisotopic (exact) mass is 228 g/mol. The van der Waals surface area contributed by atoms with Crippen molar-refractivity contribution in [2.24, 2.45) is 11.7 Å². The third-order valence-electron chi connectivity index (χ3n) is 3.08. The molecule has 0 atom stereocenters. The van der Waals surface area contributed by atoms with Crippen LogP contribution in [-0.4, -0.2) is 31.2 Å². The SMILES string of the molecule is CC(C)CCCNC(=O)C1(N)CCOCC1. The van der Waals surface area contributed by atoms with E-state index in [1.165, 1.54) is 0 Å². The Morgan fingerprint density at radius 2 is 2.06 bits per heavy atom. The van der Waals surface area contributed by atoms with Gasteiger partial charge in [-0.15, -0.1) is 0 Å². The molecule has 3 N–H and O–H groups in total. The van der Waals surface area contributed by atoms with E-state index in [0.29, 0.717) is 32.0 Å². The summed E-state index contributed by atoms with van der Waals surface area (Å²) in [5.41, 5.74) is 5.35. The highest BCUT2D eigenvalue weighted by Gasteiger charge is 2.35. The fraction of sp³-hybridized carbons (Fsp3) is 0.917. The van der Waals surface area contributed by atoms with Crippen LogP contribution in [0.25, 0.3) is 0 Å². The molecule has 4 nitrogen and oxygen atoms in total. The van der Waals surface area contributed by atoms with E-state index in [1.807, 2.05) is 0 Å². The van der Waals surface area contributed by atoms with Crippen molar-refractivity contribution in [3.05, 3.63) is 0 Å². The second kappa shape index (κ2) is 6.21. The largest absolute Gasteiger partial charge is 0.381 e. The number of ether oxygens (including phenoxy) is 1. The van der Waals surface area contributed by atoms with E-state index >= 15 is 0 Å². The Bertz CT molecular complexity index is 223. The lowest BCUT2D eigenvalue weighted by atomic mass is 9.90. The van der Waals surface area contributed by atoms with Crippen LogP contribution in [0.5, 0.6) is 0 Å². The van der Waals surface area contributed by atoms with E-state index in [2.05, 4.69) is 19.2 Å². The summed E-state index contributed by atoms with van der Waals surface area (Å²) in [4.78, 5) is 11.9. The number of carbonyl (C=O) groups is 1. The summed E-state index contributed by atoms with van der Waals surface area (Å²) in [6.07, 6.45) is 3.42. The molecule has 0 aliphatic carbocycles. The van der Waals surface area contributed by atoms with Crippen LogP contribution in [0.2, 0.25) is 0 Å². The summed E-state index contributed by atoms with van der Waals surface area (Å²) in [6.45, 7) is 6.29. The Morgan fingerprint density at radius 1 is 1.44 bits per heavy atom. The van der Waals surface area contributed by atoms with Gasteiger partial charge < -0.3 is 15.8 Å². The van der Waals surface area contributed by atoms with Gasteiger partial charge in [0.25, 0.3) is 0 Å². The van der Waals surface area contributed by atoms with Crippen molar-refractivity contribution in [3.63, 3.8) is 0 Å². The molecule has 1 aliphatic rings. The molecule has 0 radical (unpaired) electrons. The van der Waals surface area contributed by atoms with Crippen LogP contribution in [0.3, 0.4) is 0 Å². The van der Waals surface area contributed by atoms with E-state index in [0.717, 1.165) is 19.4 Å². The molecule has 0 bridgehead atoms. The van der Waals surface area contributed by atoms with Crippen LogP contribution in [0.15, 0.2) is 0 Å². The molecule has 94 valence electrons. The molecule has 4 heteroatoms. The fourth-order valence-electron chi connectivity index (χ4n) is 1.85. The van der Waals surface area contributed by atoms with Crippen molar-refractivity contribution in [3.8, 4) is 0 Å². The number of hydrogen-bond acceptors (Lipinski definition) is 3. The van der Waals surface area contributed by atoms with Crippen LogP contribution < -0.4 is 11.1 Å². The number of rotatable bonds is 5. The van der Waals surface area contributed by atoms with Gasteiger partial charge in [0.15, 0.2) is 0 Å². The average Bonchev–Trinajstić information content (AvgIpc) is 2.25. The van der Waals surface area contributed by atoms with Crippen molar-refractivity contribution < 1.29 is 9.53 Å². The zero-order chi connectivity index (χ0) is 12.0. The van der Waals surface area contributed by atoms with Crippen molar-refractivity contribution in [2.75, 3.05) is 19.8 Å². The van der Waals surface area contributed by atoms with Gasteiger partial charge in [-0.2, -0.15) is 0 Å². The maximum absolute atomic E-state index is 11.9. The smallest absolute Gasteiger partial charge is 0.240 e. The summed E-state index contributed by atoms with van der Waals surface area (Å²) in [6, 6.07) is 0. The Labute approximate surface area is 97.9 Å². The highest BCUT2D eigenvalue weighted by molar-refractivity contribution is 5.86. The predicted molar refractivity (Wildman–Crippen MR) is 64.1 cm³/mol. The standard InChI is InChI=1S/C12H24N2O2/c1-10(2)4-3-7-14-11(15)12(13)5-8-16-9-6-12/h10H,3-9,13H2,1-2H3,(H,14,15). The van der Waals surface area contributed by atoms with Gasteiger partial charge in [-0.3, -0.25) is 4.79 Å². The van der Waals surface area contributed by atoms with E-state index in [1.54, 1.807) is 0 Å². The molecule has 0 saturated carbocycles. The van der Waals surface area contributed by atoms with E-state index < -0.39 is 5.54 Å². The van der Waals surface area contributed by atoms with Crippen LogP contribution in [0.1, 0.15) is 39.5 Å². The first-order chi connectivity index (χ1) is 7.54. The number of hydrogen-bond donors (Lipinski definition) is 2. The lowest BCUT2D eigenvalue weighted by Gasteiger charge is -2.31. The summed E-state index contributed by atoms with van der Waals surface area (Å²) in [7, 11) is 0. The zero-order valence-corrected chi connectivity index (χ0v) is 10.4. The third-order valence-corrected chi connectivity index (χ3v) is 3.08. The Balaban J connectivity index is 2.23. The lowest BCUT2D eigenvalue weighted by molar-refractivity contribution is -0.129. The maximum atomic E-state index is 11.9. The van der Waals surface area contributed by atoms with Gasteiger partial charge in [-0.05, 0) is 31.6 Å². The first kappa shape index (κ1) is 13.5. The molecular weight excluding hydrogens is 204 g/mol. The Kier molecular flexibility index (Phi) is 5.22. The predicted octanol–water partition coefficient (Wildman–Crippen LogP) is 1.05. The second-order valence-corrected chi connectivity index (χ2v) is 5.06. The number of amides is 1. The molecule has 1 heterocycles. The molecule has 0 aromatic rings. The first-order valence-electron chi connectivity index (χ1n) is 6.19. The average molecular weight is 228 g/mol. The van der Waals surface area contributed by atoms with Crippen LogP contribution in [-0.2, 0) is 9.53 Å². The first-order valence-corrected chi connectivity index (χ1v) is 6.19. The Hall–Kier alpha value is -0.610. The minimum absolute atomic E-state index is 0.0143. The van der Waals surface area contributed by atoms with Gasteiger partial charge in [0, 0.05) is 19.8 Å². The molecule has 0 spiro atoms. The minimum atomic E-state index is -0.698. The van der Waals surface area contributed by atoms with E-state index in [4.69, 9.17) is 10.5 Å². The highest BCUT2D eigenvalue weighted by Crippen LogP contribution is 2.17. The molecule has 16 heavy (non-hydrogen) atoms. The van der Waals surface area contributed by atoms with Crippen molar-refractivity contribution in [2.45, 2.75) is 45.1 Å². The molecule has 1 saturated heterocycles. The van der Waals surface area contributed by atoms with Gasteiger partial charge >= 0.3 is 0 Å². The molecular formula is C12H24N2O2. The molecule has 0 aromatic heterocycles. The summed E-state index contributed by atoms with van der Waals surface area (Å²) >= 11 is 0. The van der Waals surface area contributed by atoms with E-state index in [9.17, 15) is 4.79 Å². The zero-order valence-electron chi connectivity index (χ0n) is 10.4. The number of carbonyl (C=O) groups excluding carboxylic acids is 1. The maximum Gasteiger partial charge on any atom is 0.240 e. The van der Waals surface area contributed by atoms with Crippen molar-refractivity contribution in [1.82, 2.24) is 5.32 Å². The van der Waals surface area contributed by atoms with Crippen LogP contribution in [0.4, 0.5) is 0 Å². The van der Waals surface area contributed by atoms with Gasteiger partial charge in [0.1, 0.15) is 0 Å². The molecule has 0 aromatic carbocycles.